The summed E-state index contributed by atoms with van der Waals surface area (Å²) in [4.78, 5) is 11.5. The predicted molar refractivity (Wildman–Crippen MR) is 55.8 cm³/mol. The van der Waals surface area contributed by atoms with Crippen LogP contribution in [0.1, 0.15) is 40.5 Å². The van der Waals surface area contributed by atoms with E-state index in [1.165, 1.54) is 0 Å². The van der Waals surface area contributed by atoms with Crippen molar-refractivity contribution in [2.45, 2.75) is 46.1 Å². The van der Waals surface area contributed by atoms with Crippen LogP contribution in [0.15, 0.2) is 0 Å². The maximum Gasteiger partial charge on any atom is 0.225 e. The first-order chi connectivity index (χ1) is 6.23. The first-order valence-electron chi connectivity index (χ1n) is 5.24. The third-order valence-electron chi connectivity index (χ3n) is 2.74. The number of rotatable bonds is 3. The standard InChI is InChI=1S/C11H21NO2/c1-10(2,3)9(13)12-7-11(4,14)8-5-6-8/h8,14H,5-7H2,1-4H3,(H,12,13). The Morgan fingerprint density at radius 1 is 1.36 bits per heavy atom. The largest absolute Gasteiger partial charge is 0.388 e. The molecule has 82 valence electrons. The smallest absolute Gasteiger partial charge is 0.225 e. The van der Waals surface area contributed by atoms with Crippen LogP contribution in [-0.2, 0) is 4.79 Å². The van der Waals surface area contributed by atoms with E-state index in [9.17, 15) is 9.90 Å². The van der Waals surface area contributed by atoms with Crippen LogP contribution < -0.4 is 5.32 Å². The Hall–Kier alpha value is -0.570. The van der Waals surface area contributed by atoms with Crippen molar-refractivity contribution in [3.05, 3.63) is 0 Å². The number of hydrogen-bond donors (Lipinski definition) is 2. The maximum atomic E-state index is 11.5. The Labute approximate surface area is 85.9 Å². The van der Waals surface area contributed by atoms with Crippen LogP contribution in [0.3, 0.4) is 0 Å². The van der Waals surface area contributed by atoms with Crippen molar-refractivity contribution in [2.24, 2.45) is 11.3 Å². The molecular weight excluding hydrogens is 178 g/mol. The van der Waals surface area contributed by atoms with Gasteiger partial charge in [-0.2, -0.15) is 0 Å². The molecule has 1 atom stereocenters. The lowest BCUT2D eigenvalue weighted by atomic mass is 9.94. The molecule has 1 rings (SSSR count). The monoisotopic (exact) mass is 199 g/mol. The summed E-state index contributed by atoms with van der Waals surface area (Å²) in [6, 6.07) is 0. The Balaban J connectivity index is 2.36. The second-order valence-corrected chi connectivity index (χ2v) is 5.56. The van der Waals surface area contributed by atoms with E-state index < -0.39 is 5.60 Å². The van der Waals surface area contributed by atoms with E-state index in [2.05, 4.69) is 5.32 Å². The van der Waals surface area contributed by atoms with Gasteiger partial charge in [-0.15, -0.1) is 0 Å². The minimum atomic E-state index is -0.721. The molecule has 0 aromatic heterocycles. The van der Waals surface area contributed by atoms with Gasteiger partial charge in [-0.25, -0.2) is 0 Å². The lowest BCUT2D eigenvalue weighted by Crippen LogP contribution is -2.45. The summed E-state index contributed by atoms with van der Waals surface area (Å²) >= 11 is 0. The van der Waals surface area contributed by atoms with E-state index in [0.29, 0.717) is 12.5 Å². The summed E-state index contributed by atoms with van der Waals surface area (Å²) < 4.78 is 0. The lowest BCUT2D eigenvalue weighted by Gasteiger charge is -2.26. The van der Waals surface area contributed by atoms with E-state index >= 15 is 0 Å². The van der Waals surface area contributed by atoms with E-state index in [4.69, 9.17) is 0 Å². The molecule has 0 aliphatic heterocycles. The average Bonchev–Trinajstić information content (AvgIpc) is 2.80. The molecule has 0 bridgehead atoms. The first kappa shape index (κ1) is 11.5. The second kappa shape index (κ2) is 3.54. The van der Waals surface area contributed by atoms with Crippen LogP contribution in [0, 0.1) is 11.3 Å². The minimum Gasteiger partial charge on any atom is -0.388 e. The molecule has 0 spiro atoms. The summed E-state index contributed by atoms with van der Waals surface area (Å²) in [7, 11) is 0. The number of amides is 1. The zero-order chi connectivity index (χ0) is 11.0. The molecule has 3 nitrogen and oxygen atoms in total. The molecule has 0 aromatic rings. The number of carbonyl (C=O) groups excluding carboxylic acids is 1. The number of hydrogen-bond acceptors (Lipinski definition) is 2. The van der Waals surface area contributed by atoms with E-state index in [0.717, 1.165) is 12.8 Å². The van der Waals surface area contributed by atoms with Crippen LogP contribution in [0.2, 0.25) is 0 Å². The van der Waals surface area contributed by atoms with Gasteiger partial charge in [0.1, 0.15) is 0 Å². The molecule has 1 aliphatic rings. The van der Waals surface area contributed by atoms with Gasteiger partial charge in [0, 0.05) is 12.0 Å². The van der Waals surface area contributed by atoms with E-state index in [-0.39, 0.29) is 11.3 Å². The Kier molecular flexibility index (Phi) is 2.91. The summed E-state index contributed by atoms with van der Waals surface area (Å²) in [5, 5.41) is 12.7. The zero-order valence-electron chi connectivity index (χ0n) is 9.55. The average molecular weight is 199 g/mol. The lowest BCUT2D eigenvalue weighted by molar-refractivity contribution is -0.129. The SMILES string of the molecule is CC(C)(C)C(=O)NCC(C)(O)C1CC1. The summed E-state index contributed by atoms with van der Waals surface area (Å²) in [6.45, 7) is 7.78. The molecule has 1 unspecified atom stereocenters. The van der Waals surface area contributed by atoms with Crippen LogP contribution in [0.25, 0.3) is 0 Å². The highest BCUT2D eigenvalue weighted by molar-refractivity contribution is 5.81. The van der Waals surface area contributed by atoms with Crippen molar-refractivity contribution >= 4 is 5.91 Å². The molecule has 1 aliphatic carbocycles. The van der Waals surface area contributed by atoms with Gasteiger partial charge >= 0.3 is 0 Å². The van der Waals surface area contributed by atoms with Gasteiger partial charge in [0.2, 0.25) is 5.91 Å². The van der Waals surface area contributed by atoms with Crippen LogP contribution >= 0.6 is 0 Å². The Bertz CT molecular complexity index is 224. The fourth-order valence-corrected chi connectivity index (χ4v) is 1.37. The number of aliphatic hydroxyl groups is 1. The molecule has 1 saturated carbocycles. The van der Waals surface area contributed by atoms with Gasteiger partial charge < -0.3 is 10.4 Å². The molecule has 1 amide bonds. The number of nitrogens with one attached hydrogen (secondary N) is 1. The highest BCUT2D eigenvalue weighted by Gasteiger charge is 2.40. The maximum absolute atomic E-state index is 11.5. The molecule has 0 saturated heterocycles. The molecular formula is C11H21NO2. The van der Waals surface area contributed by atoms with Crippen molar-refractivity contribution in [1.82, 2.24) is 5.32 Å². The number of carbonyl (C=O) groups is 1. The van der Waals surface area contributed by atoms with Crippen LogP contribution in [0.4, 0.5) is 0 Å². The molecule has 0 heterocycles. The first-order valence-corrected chi connectivity index (χ1v) is 5.24. The quantitative estimate of drug-likeness (QED) is 0.720. The predicted octanol–water partition coefficient (Wildman–Crippen LogP) is 1.31. The van der Waals surface area contributed by atoms with E-state index in [1.54, 1.807) is 6.92 Å². The summed E-state index contributed by atoms with van der Waals surface area (Å²) in [5.41, 5.74) is -1.10. The topological polar surface area (TPSA) is 49.3 Å². The van der Waals surface area contributed by atoms with Gasteiger partial charge in [0.15, 0.2) is 0 Å². The molecule has 1 fully saturated rings. The zero-order valence-corrected chi connectivity index (χ0v) is 9.55. The van der Waals surface area contributed by atoms with Crippen molar-refractivity contribution in [3.8, 4) is 0 Å². The van der Waals surface area contributed by atoms with Crippen molar-refractivity contribution in [1.29, 1.82) is 0 Å². The second-order valence-electron chi connectivity index (χ2n) is 5.56. The fourth-order valence-electron chi connectivity index (χ4n) is 1.37. The Morgan fingerprint density at radius 2 is 1.86 bits per heavy atom. The van der Waals surface area contributed by atoms with E-state index in [1.807, 2.05) is 20.8 Å². The van der Waals surface area contributed by atoms with Gasteiger partial charge in [-0.1, -0.05) is 20.8 Å². The molecule has 2 N–H and O–H groups in total. The van der Waals surface area contributed by atoms with Crippen molar-refractivity contribution in [2.75, 3.05) is 6.54 Å². The third-order valence-corrected chi connectivity index (χ3v) is 2.74. The highest BCUT2D eigenvalue weighted by atomic mass is 16.3. The summed E-state index contributed by atoms with van der Waals surface area (Å²) in [5.74, 6) is 0.376. The van der Waals surface area contributed by atoms with Crippen LogP contribution in [-0.4, -0.2) is 23.2 Å². The van der Waals surface area contributed by atoms with Crippen molar-refractivity contribution in [3.63, 3.8) is 0 Å². The van der Waals surface area contributed by atoms with Gasteiger partial charge in [0.25, 0.3) is 0 Å². The highest BCUT2D eigenvalue weighted by Crippen LogP contribution is 2.39. The molecule has 0 aromatic carbocycles. The van der Waals surface area contributed by atoms with Crippen molar-refractivity contribution < 1.29 is 9.90 Å². The van der Waals surface area contributed by atoms with Gasteiger partial charge in [-0.05, 0) is 25.7 Å². The third kappa shape index (κ3) is 2.98. The Morgan fingerprint density at radius 3 is 2.21 bits per heavy atom. The molecule has 14 heavy (non-hydrogen) atoms. The van der Waals surface area contributed by atoms with Gasteiger partial charge in [-0.3, -0.25) is 4.79 Å². The normalized spacial score (nSPS) is 21.5. The summed E-state index contributed by atoms with van der Waals surface area (Å²) in [6.07, 6.45) is 2.16. The fraction of sp³-hybridized carbons (Fsp3) is 0.909. The minimum absolute atomic E-state index is 0.00146. The molecule has 3 heteroatoms. The molecule has 0 radical (unpaired) electrons. The van der Waals surface area contributed by atoms with Gasteiger partial charge in [0.05, 0.1) is 5.60 Å². The van der Waals surface area contributed by atoms with Crippen LogP contribution in [0.5, 0.6) is 0 Å².